The molecule has 0 heterocycles. The molecule has 15 heavy (non-hydrogen) atoms. The minimum absolute atomic E-state index is 0.228. The number of benzene rings is 1. The summed E-state index contributed by atoms with van der Waals surface area (Å²) < 4.78 is 0. The Morgan fingerprint density at radius 2 is 1.93 bits per heavy atom. The second-order valence-corrected chi connectivity index (χ2v) is 3.92. The summed E-state index contributed by atoms with van der Waals surface area (Å²) in [5, 5.41) is 9.02. The van der Waals surface area contributed by atoms with E-state index in [-0.39, 0.29) is 6.61 Å². The molecule has 0 fully saturated rings. The van der Waals surface area contributed by atoms with Gasteiger partial charge in [0.2, 0.25) is 0 Å². The Kier molecular flexibility index (Phi) is 4.43. The SMILES string of the molecule is CCN(CC(C)CO)c1ccc(N)cc1. The lowest BCUT2D eigenvalue weighted by atomic mass is 10.1. The van der Waals surface area contributed by atoms with Crippen LogP contribution < -0.4 is 10.6 Å². The van der Waals surface area contributed by atoms with Crippen molar-refractivity contribution in [2.24, 2.45) is 5.92 Å². The Morgan fingerprint density at radius 1 is 1.33 bits per heavy atom. The minimum Gasteiger partial charge on any atom is -0.399 e. The van der Waals surface area contributed by atoms with Gasteiger partial charge in [0.25, 0.3) is 0 Å². The number of aliphatic hydroxyl groups excluding tert-OH is 1. The number of nitrogen functional groups attached to an aromatic ring is 1. The van der Waals surface area contributed by atoms with Crippen LogP contribution in [-0.2, 0) is 0 Å². The highest BCUT2D eigenvalue weighted by molar-refractivity contribution is 5.53. The molecule has 0 aromatic heterocycles. The lowest BCUT2D eigenvalue weighted by Crippen LogP contribution is -2.29. The molecule has 0 saturated heterocycles. The molecule has 0 saturated carbocycles. The predicted octanol–water partition coefficient (Wildman–Crippen LogP) is 1.72. The van der Waals surface area contributed by atoms with E-state index in [4.69, 9.17) is 10.8 Å². The van der Waals surface area contributed by atoms with E-state index in [2.05, 4.69) is 11.8 Å². The Labute approximate surface area is 91.5 Å². The highest BCUT2D eigenvalue weighted by atomic mass is 16.3. The molecule has 0 radical (unpaired) electrons. The number of nitrogens with two attached hydrogens (primary N) is 1. The summed E-state index contributed by atoms with van der Waals surface area (Å²) in [6.45, 7) is 6.19. The standard InChI is InChI=1S/C12H20N2O/c1-3-14(8-10(2)9-15)12-6-4-11(13)5-7-12/h4-7,10,15H,3,8-9,13H2,1-2H3. The smallest absolute Gasteiger partial charge is 0.0473 e. The van der Waals surface area contributed by atoms with Gasteiger partial charge in [-0.15, -0.1) is 0 Å². The first-order valence-corrected chi connectivity index (χ1v) is 5.38. The van der Waals surface area contributed by atoms with Crippen LogP contribution in [0.3, 0.4) is 0 Å². The topological polar surface area (TPSA) is 49.5 Å². The van der Waals surface area contributed by atoms with Crippen molar-refractivity contribution in [2.75, 3.05) is 30.3 Å². The molecular weight excluding hydrogens is 188 g/mol. The zero-order valence-electron chi connectivity index (χ0n) is 9.48. The normalized spacial score (nSPS) is 12.5. The number of hydrogen-bond donors (Lipinski definition) is 2. The third-order valence-corrected chi connectivity index (χ3v) is 2.48. The van der Waals surface area contributed by atoms with Gasteiger partial charge in [-0.05, 0) is 37.1 Å². The van der Waals surface area contributed by atoms with Crippen LogP contribution in [0.2, 0.25) is 0 Å². The Morgan fingerprint density at radius 3 is 2.40 bits per heavy atom. The third-order valence-electron chi connectivity index (χ3n) is 2.48. The monoisotopic (exact) mass is 208 g/mol. The molecule has 1 aromatic carbocycles. The molecule has 0 aliphatic carbocycles. The summed E-state index contributed by atoms with van der Waals surface area (Å²) in [7, 11) is 0. The van der Waals surface area contributed by atoms with Gasteiger partial charge in [0, 0.05) is 31.1 Å². The molecule has 1 rings (SSSR count). The molecule has 0 aliphatic heterocycles. The maximum absolute atomic E-state index is 9.02. The molecule has 3 heteroatoms. The van der Waals surface area contributed by atoms with Crippen LogP contribution in [0.15, 0.2) is 24.3 Å². The van der Waals surface area contributed by atoms with Gasteiger partial charge in [0.1, 0.15) is 0 Å². The largest absolute Gasteiger partial charge is 0.399 e. The summed E-state index contributed by atoms with van der Waals surface area (Å²) >= 11 is 0. The van der Waals surface area contributed by atoms with E-state index in [1.165, 1.54) is 0 Å². The Bertz CT molecular complexity index is 284. The van der Waals surface area contributed by atoms with Crippen molar-refractivity contribution in [3.05, 3.63) is 24.3 Å². The second kappa shape index (κ2) is 5.61. The van der Waals surface area contributed by atoms with Gasteiger partial charge in [-0.2, -0.15) is 0 Å². The Balaban J connectivity index is 2.69. The number of hydrogen-bond acceptors (Lipinski definition) is 3. The van der Waals surface area contributed by atoms with Crippen LogP contribution in [0.5, 0.6) is 0 Å². The average molecular weight is 208 g/mol. The van der Waals surface area contributed by atoms with Gasteiger partial charge >= 0.3 is 0 Å². The van der Waals surface area contributed by atoms with Crippen LogP contribution in [0, 0.1) is 5.92 Å². The molecule has 0 aliphatic rings. The van der Waals surface area contributed by atoms with Crippen molar-refractivity contribution in [3.63, 3.8) is 0 Å². The lowest BCUT2D eigenvalue weighted by molar-refractivity contribution is 0.239. The second-order valence-electron chi connectivity index (χ2n) is 3.92. The summed E-state index contributed by atoms with van der Waals surface area (Å²) in [6.07, 6.45) is 0. The number of aliphatic hydroxyl groups is 1. The van der Waals surface area contributed by atoms with Crippen molar-refractivity contribution in [3.8, 4) is 0 Å². The van der Waals surface area contributed by atoms with Crippen LogP contribution >= 0.6 is 0 Å². The first-order chi connectivity index (χ1) is 7.17. The maximum atomic E-state index is 9.02. The minimum atomic E-state index is 0.228. The van der Waals surface area contributed by atoms with Crippen LogP contribution in [0.1, 0.15) is 13.8 Å². The van der Waals surface area contributed by atoms with Crippen molar-refractivity contribution >= 4 is 11.4 Å². The molecule has 84 valence electrons. The van der Waals surface area contributed by atoms with Crippen molar-refractivity contribution < 1.29 is 5.11 Å². The molecule has 3 N–H and O–H groups in total. The van der Waals surface area contributed by atoms with E-state index in [1.54, 1.807) is 0 Å². The summed E-state index contributed by atoms with van der Waals surface area (Å²) in [4.78, 5) is 2.24. The fourth-order valence-electron chi connectivity index (χ4n) is 1.54. The van der Waals surface area contributed by atoms with Gasteiger partial charge in [-0.1, -0.05) is 6.92 Å². The van der Waals surface area contributed by atoms with Crippen LogP contribution in [0.25, 0.3) is 0 Å². The molecule has 0 bridgehead atoms. The summed E-state index contributed by atoms with van der Waals surface area (Å²) in [5.74, 6) is 0.294. The predicted molar refractivity (Wildman–Crippen MR) is 65.0 cm³/mol. The van der Waals surface area contributed by atoms with E-state index in [9.17, 15) is 0 Å². The first-order valence-electron chi connectivity index (χ1n) is 5.38. The molecule has 0 amide bonds. The van der Waals surface area contributed by atoms with E-state index in [0.29, 0.717) is 5.92 Å². The van der Waals surface area contributed by atoms with E-state index >= 15 is 0 Å². The van der Waals surface area contributed by atoms with Gasteiger partial charge in [0.05, 0.1) is 0 Å². The Hall–Kier alpha value is -1.22. The summed E-state index contributed by atoms with van der Waals surface area (Å²) in [6, 6.07) is 7.84. The van der Waals surface area contributed by atoms with E-state index in [1.807, 2.05) is 31.2 Å². The van der Waals surface area contributed by atoms with Gasteiger partial charge in [0.15, 0.2) is 0 Å². The molecule has 1 atom stereocenters. The van der Waals surface area contributed by atoms with Gasteiger partial charge < -0.3 is 15.7 Å². The lowest BCUT2D eigenvalue weighted by Gasteiger charge is -2.25. The zero-order chi connectivity index (χ0) is 11.3. The first kappa shape index (κ1) is 11.9. The third kappa shape index (κ3) is 3.44. The molecule has 1 aromatic rings. The van der Waals surface area contributed by atoms with Crippen LogP contribution in [0.4, 0.5) is 11.4 Å². The fraction of sp³-hybridized carbons (Fsp3) is 0.500. The number of rotatable bonds is 5. The molecular formula is C12H20N2O. The number of anilines is 2. The average Bonchev–Trinajstić information content (AvgIpc) is 2.27. The van der Waals surface area contributed by atoms with E-state index in [0.717, 1.165) is 24.5 Å². The van der Waals surface area contributed by atoms with Gasteiger partial charge in [-0.3, -0.25) is 0 Å². The highest BCUT2D eigenvalue weighted by Crippen LogP contribution is 2.17. The maximum Gasteiger partial charge on any atom is 0.0473 e. The summed E-state index contributed by atoms with van der Waals surface area (Å²) in [5.41, 5.74) is 7.58. The van der Waals surface area contributed by atoms with Crippen molar-refractivity contribution in [1.29, 1.82) is 0 Å². The zero-order valence-corrected chi connectivity index (χ0v) is 9.48. The molecule has 3 nitrogen and oxygen atoms in total. The van der Waals surface area contributed by atoms with Crippen LogP contribution in [-0.4, -0.2) is 24.8 Å². The number of nitrogens with zero attached hydrogens (tertiary/aromatic N) is 1. The quantitative estimate of drug-likeness (QED) is 0.724. The highest BCUT2D eigenvalue weighted by Gasteiger charge is 2.08. The van der Waals surface area contributed by atoms with Crippen molar-refractivity contribution in [2.45, 2.75) is 13.8 Å². The molecule has 0 spiro atoms. The molecule has 1 unspecified atom stereocenters. The van der Waals surface area contributed by atoms with Gasteiger partial charge in [-0.25, -0.2) is 0 Å². The van der Waals surface area contributed by atoms with E-state index < -0.39 is 0 Å². The fourth-order valence-corrected chi connectivity index (χ4v) is 1.54. The van der Waals surface area contributed by atoms with Crippen molar-refractivity contribution in [1.82, 2.24) is 0 Å².